The molecular formula is C23H23N7O2. The smallest absolute Gasteiger partial charge is 0.255 e. The summed E-state index contributed by atoms with van der Waals surface area (Å²) >= 11 is 0. The number of carbonyl (C=O) groups excluding carboxylic acids is 2. The lowest BCUT2D eigenvalue weighted by Crippen LogP contribution is -2.24. The number of carbonyl (C=O) groups is 2. The van der Waals surface area contributed by atoms with Crippen molar-refractivity contribution in [2.24, 2.45) is 0 Å². The van der Waals surface area contributed by atoms with Gasteiger partial charge in [-0.3, -0.25) is 9.59 Å². The van der Waals surface area contributed by atoms with E-state index in [1.54, 1.807) is 43.3 Å². The number of benzene rings is 2. The molecule has 0 radical (unpaired) electrons. The molecule has 9 nitrogen and oxygen atoms in total. The van der Waals surface area contributed by atoms with Crippen LogP contribution in [0.5, 0.6) is 0 Å². The van der Waals surface area contributed by atoms with E-state index in [9.17, 15) is 9.59 Å². The molecule has 162 valence electrons. The number of rotatable bonds is 6. The molecule has 0 aliphatic rings. The first-order valence-electron chi connectivity index (χ1n) is 10.1. The number of nitrogens with zero attached hydrogens (tertiary/aromatic N) is 5. The highest BCUT2D eigenvalue weighted by Gasteiger charge is 2.15. The average Bonchev–Trinajstić information content (AvgIpc) is 3.44. The Hall–Kier alpha value is -4.27. The summed E-state index contributed by atoms with van der Waals surface area (Å²) in [5.74, 6) is -0.434. The Kier molecular flexibility index (Phi) is 5.80. The van der Waals surface area contributed by atoms with E-state index in [2.05, 4.69) is 25.8 Å². The summed E-state index contributed by atoms with van der Waals surface area (Å²) < 4.78 is 3.32. The van der Waals surface area contributed by atoms with E-state index in [-0.39, 0.29) is 11.8 Å². The van der Waals surface area contributed by atoms with Crippen LogP contribution in [0.25, 0.3) is 5.69 Å². The maximum atomic E-state index is 12.6. The van der Waals surface area contributed by atoms with E-state index >= 15 is 0 Å². The van der Waals surface area contributed by atoms with Gasteiger partial charge in [0.1, 0.15) is 18.7 Å². The molecule has 2 heterocycles. The van der Waals surface area contributed by atoms with Crippen molar-refractivity contribution in [2.75, 3.05) is 10.6 Å². The van der Waals surface area contributed by atoms with Crippen molar-refractivity contribution in [1.29, 1.82) is 0 Å². The molecule has 9 heteroatoms. The molecule has 2 amide bonds. The first kappa shape index (κ1) is 21.0. The maximum Gasteiger partial charge on any atom is 0.255 e. The summed E-state index contributed by atoms with van der Waals surface area (Å²) in [6.45, 7) is 5.67. The minimum absolute atomic E-state index is 0.213. The molecule has 2 aromatic heterocycles. The highest BCUT2D eigenvalue weighted by Crippen LogP contribution is 2.18. The fourth-order valence-electron chi connectivity index (χ4n) is 3.27. The van der Waals surface area contributed by atoms with Gasteiger partial charge in [-0.1, -0.05) is 0 Å². The zero-order valence-electron chi connectivity index (χ0n) is 18.0. The van der Waals surface area contributed by atoms with Crippen molar-refractivity contribution >= 4 is 23.2 Å². The van der Waals surface area contributed by atoms with Gasteiger partial charge in [-0.15, -0.1) is 0 Å². The van der Waals surface area contributed by atoms with Gasteiger partial charge in [0.05, 0.1) is 11.4 Å². The summed E-state index contributed by atoms with van der Waals surface area (Å²) in [4.78, 5) is 28.8. The van der Waals surface area contributed by atoms with E-state index < -0.39 is 6.04 Å². The molecule has 0 saturated heterocycles. The minimum Gasteiger partial charge on any atom is -0.324 e. The van der Waals surface area contributed by atoms with Gasteiger partial charge in [0.2, 0.25) is 5.91 Å². The number of aromatic nitrogens is 5. The van der Waals surface area contributed by atoms with Crippen molar-refractivity contribution < 1.29 is 9.59 Å². The second-order valence-corrected chi connectivity index (χ2v) is 7.46. The van der Waals surface area contributed by atoms with E-state index in [0.717, 1.165) is 17.1 Å². The fraction of sp³-hybridized carbons (Fsp3) is 0.174. The molecule has 32 heavy (non-hydrogen) atoms. The predicted octanol–water partition coefficient (Wildman–Crippen LogP) is 3.53. The molecule has 0 spiro atoms. The minimum atomic E-state index is -0.491. The standard InChI is InChI=1S/C23H23N7O2/c1-15-12-16(2)30(28-15)21-10-4-18(5-11-21)23(32)27-20-8-6-19(7-9-20)26-22(31)17(3)29-14-24-13-25-29/h4-14,17H,1-3H3,(H,26,31)(H,27,32). The second kappa shape index (κ2) is 8.84. The Labute approximate surface area is 185 Å². The zero-order chi connectivity index (χ0) is 22.7. The fourth-order valence-corrected chi connectivity index (χ4v) is 3.27. The lowest BCUT2D eigenvalue weighted by Gasteiger charge is -2.12. The number of anilines is 2. The van der Waals surface area contributed by atoms with Crippen LogP contribution < -0.4 is 10.6 Å². The molecular weight excluding hydrogens is 406 g/mol. The normalized spacial score (nSPS) is 11.7. The van der Waals surface area contributed by atoms with Crippen molar-refractivity contribution in [2.45, 2.75) is 26.8 Å². The summed E-state index contributed by atoms with van der Waals surface area (Å²) in [6, 6.07) is 15.7. The summed E-state index contributed by atoms with van der Waals surface area (Å²) in [5, 5.41) is 14.1. The third-order valence-electron chi connectivity index (χ3n) is 5.01. The lowest BCUT2D eigenvalue weighted by atomic mass is 10.2. The number of hydrogen-bond acceptors (Lipinski definition) is 5. The highest BCUT2D eigenvalue weighted by molar-refractivity contribution is 6.04. The van der Waals surface area contributed by atoms with Gasteiger partial charge in [-0.25, -0.2) is 14.3 Å². The third kappa shape index (κ3) is 4.56. The highest BCUT2D eigenvalue weighted by atomic mass is 16.2. The molecule has 1 unspecified atom stereocenters. The Bertz CT molecular complexity index is 1230. The molecule has 4 aromatic rings. The number of aryl methyl sites for hydroxylation is 2. The van der Waals surface area contributed by atoms with Crippen LogP contribution >= 0.6 is 0 Å². The van der Waals surface area contributed by atoms with Crippen molar-refractivity contribution in [3.63, 3.8) is 0 Å². The van der Waals surface area contributed by atoms with Crippen molar-refractivity contribution in [1.82, 2.24) is 24.5 Å². The first-order valence-corrected chi connectivity index (χ1v) is 10.1. The summed E-state index contributed by atoms with van der Waals surface area (Å²) in [5.41, 5.74) is 4.65. The second-order valence-electron chi connectivity index (χ2n) is 7.46. The van der Waals surface area contributed by atoms with Crippen LogP contribution in [-0.4, -0.2) is 36.4 Å². The van der Waals surface area contributed by atoms with Gasteiger partial charge in [0.25, 0.3) is 5.91 Å². The first-order chi connectivity index (χ1) is 15.4. The van der Waals surface area contributed by atoms with E-state index in [1.807, 2.05) is 36.7 Å². The molecule has 0 bridgehead atoms. The van der Waals surface area contributed by atoms with Gasteiger partial charge in [0, 0.05) is 22.6 Å². The topological polar surface area (TPSA) is 107 Å². The quantitative estimate of drug-likeness (QED) is 0.488. The number of hydrogen-bond donors (Lipinski definition) is 2. The van der Waals surface area contributed by atoms with Crippen LogP contribution in [0, 0.1) is 13.8 Å². The molecule has 0 saturated carbocycles. The lowest BCUT2D eigenvalue weighted by molar-refractivity contribution is -0.119. The maximum absolute atomic E-state index is 12.6. The molecule has 1 atom stereocenters. The van der Waals surface area contributed by atoms with Gasteiger partial charge in [-0.05, 0) is 75.4 Å². The van der Waals surface area contributed by atoms with E-state index in [4.69, 9.17) is 0 Å². The SMILES string of the molecule is Cc1cc(C)n(-c2ccc(C(=O)Nc3ccc(NC(=O)C(C)n4cncn4)cc3)cc2)n1. The molecule has 2 aromatic carbocycles. The van der Waals surface area contributed by atoms with Gasteiger partial charge in [0.15, 0.2) is 0 Å². The van der Waals surface area contributed by atoms with Crippen LogP contribution in [0.2, 0.25) is 0 Å². The van der Waals surface area contributed by atoms with Crippen molar-refractivity contribution in [3.8, 4) is 5.69 Å². The predicted molar refractivity (Wildman–Crippen MR) is 121 cm³/mol. The Morgan fingerprint density at radius 2 is 1.59 bits per heavy atom. The Morgan fingerprint density at radius 1 is 0.938 bits per heavy atom. The van der Waals surface area contributed by atoms with Gasteiger partial charge < -0.3 is 10.6 Å². The average molecular weight is 429 g/mol. The monoisotopic (exact) mass is 429 g/mol. The van der Waals surface area contributed by atoms with Crippen LogP contribution in [-0.2, 0) is 4.79 Å². The molecule has 0 aliphatic carbocycles. The zero-order valence-corrected chi connectivity index (χ0v) is 18.0. The van der Waals surface area contributed by atoms with Crippen LogP contribution in [0.15, 0.2) is 67.3 Å². The van der Waals surface area contributed by atoms with Gasteiger partial charge >= 0.3 is 0 Å². The number of nitrogens with one attached hydrogen (secondary N) is 2. The molecule has 0 aliphatic heterocycles. The van der Waals surface area contributed by atoms with Gasteiger partial charge in [-0.2, -0.15) is 10.2 Å². The Morgan fingerprint density at radius 3 is 2.16 bits per heavy atom. The number of amides is 2. The molecule has 2 N–H and O–H groups in total. The van der Waals surface area contributed by atoms with E-state index in [0.29, 0.717) is 16.9 Å². The molecule has 0 fully saturated rings. The van der Waals surface area contributed by atoms with Crippen molar-refractivity contribution in [3.05, 3.63) is 84.2 Å². The summed E-state index contributed by atoms with van der Waals surface area (Å²) in [7, 11) is 0. The van der Waals surface area contributed by atoms with E-state index in [1.165, 1.54) is 17.3 Å². The molecule has 4 rings (SSSR count). The third-order valence-corrected chi connectivity index (χ3v) is 5.01. The van der Waals surface area contributed by atoms with Crippen LogP contribution in [0.4, 0.5) is 11.4 Å². The Balaban J connectivity index is 1.37. The van der Waals surface area contributed by atoms with Crippen LogP contribution in [0.1, 0.15) is 34.7 Å². The van der Waals surface area contributed by atoms with Crippen LogP contribution in [0.3, 0.4) is 0 Å². The largest absolute Gasteiger partial charge is 0.324 e. The summed E-state index contributed by atoms with van der Waals surface area (Å²) in [6.07, 6.45) is 2.88.